The molecule has 0 spiro atoms. The van der Waals surface area contributed by atoms with Crippen LogP contribution in [0.15, 0.2) is 68.9 Å². The average molecular weight is 394 g/mol. The third kappa shape index (κ3) is 3.77. The van der Waals surface area contributed by atoms with Gasteiger partial charge in [-0.3, -0.25) is 4.79 Å². The number of halogens is 1. The molecule has 27 heavy (non-hydrogen) atoms. The molecule has 2 heterocycles. The Bertz CT molecular complexity index is 1090. The smallest absolute Gasteiger partial charge is 0.285 e. The van der Waals surface area contributed by atoms with Gasteiger partial charge in [0, 0.05) is 22.2 Å². The molecule has 4 rings (SSSR count). The third-order valence-electron chi connectivity index (χ3n) is 4.28. The fourth-order valence-corrected chi connectivity index (χ4v) is 3.77. The lowest BCUT2D eigenvalue weighted by atomic mass is 10.1. The molecule has 2 aromatic carbocycles. The van der Waals surface area contributed by atoms with Gasteiger partial charge in [-0.2, -0.15) is 0 Å². The second-order valence-electron chi connectivity index (χ2n) is 6.36. The van der Waals surface area contributed by atoms with E-state index in [1.807, 2.05) is 68.4 Å². The van der Waals surface area contributed by atoms with Crippen molar-refractivity contribution in [2.24, 2.45) is 4.99 Å². The van der Waals surface area contributed by atoms with Crippen molar-refractivity contribution in [2.45, 2.75) is 13.8 Å². The molecule has 5 heteroatoms. The largest absolute Gasteiger partial charge is 0.457 e. The summed E-state index contributed by atoms with van der Waals surface area (Å²) in [6, 6.07) is 17.5. The summed E-state index contributed by atoms with van der Waals surface area (Å²) in [7, 11) is 0. The van der Waals surface area contributed by atoms with E-state index >= 15 is 0 Å². The van der Waals surface area contributed by atoms with E-state index in [4.69, 9.17) is 16.0 Å². The van der Waals surface area contributed by atoms with E-state index in [1.54, 1.807) is 6.08 Å². The molecular weight excluding hydrogens is 378 g/mol. The number of carbonyl (C=O) groups excluding carboxylic acids is 1. The Morgan fingerprint density at radius 1 is 1.00 bits per heavy atom. The van der Waals surface area contributed by atoms with Crippen molar-refractivity contribution in [3.8, 4) is 11.3 Å². The van der Waals surface area contributed by atoms with Gasteiger partial charge in [-0.15, -0.1) is 0 Å². The van der Waals surface area contributed by atoms with E-state index in [-0.39, 0.29) is 5.91 Å². The molecule has 3 nitrogen and oxygen atoms in total. The molecule has 0 saturated heterocycles. The molecule has 0 bridgehead atoms. The van der Waals surface area contributed by atoms with E-state index in [2.05, 4.69) is 4.99 Å². The van der Waals surface area contributed by atoms with E-state index in [9.17, 15) is 4.79 Å². The first-order valence-electron chi connectivity index (χ1n) is 8.45. The van der Waals surface area contributed by atoms with Crippen LogP contribution in [0.25, 0.3) is 17.4 Å². The number of furan rings is 1. The van der Waals surface area contributed by atoms with Gasteiger partial charge in [0.1, 0.15) is 16.6 Å². The maximum atomic E-state index is 12.3. The Balaban J connectivity index is 1.56. The lowest BCUT2D eigenvalue weighted by molar-refractivity contribution is -0.113. The van der Waals surface area contributed by atoms with Gasteiger partial charge in [0.05, 0.1) is 4.91 Å². The standard InChI is InChI=1S/C22H16ClNO2S/c1-13-3-6-15(7-4-13)22-24-21(25)20(27-22)12-17-9-10-19(26-17)16-8-5-14(2)18(23)11-16/h3-12H,1-2H3/b20-12-. The lowest BCUT2D eigenvalue weighted by Crippen LogP contribution is -1.90. The number of aliphatic imine (C=N–C) groups is 1. The van der Waals surface area contributed by atoms with Gasteiger partial charge in [-0.1, -0.05) is 65.3 Å². The molecule has 0 atom stereocenters. The van der Waals surface area contributed by atoms with Gasteiger partial charge < -0.3 is 4.42 Å². The van der Waals surface area contributed by atoms with Crippen molar-refractivity contribution in [3.05, 3.63) is 87.0 Å². The number of hydrogen-bond acceptors (Lipinski definition) is 3. The second-order valence-corrected chi connectivity index (χ2v) is 7.80. The van der Waals surface area contributed by atoms with Crippen molar-refractivity contribution in [1.29, 1.82) is 0 Å². The maximum Gasteiger partial charge on any atom is 0.285 e. The fourth-order valence-electron chi connectivity index (χ4n) is 2.69. The van der Waals surface area contributed by atoms with Gasteiger partial charge in [0.25, 0.3) is 5.91 Å². The summed E-state index contributed by atoms with van der Waals surface area (Å²) in [4.78, 5) is 17.0. The van der Waals surface area contributed by atoms with Crippen LogP contribution in [0.4, 0.5) is 0 Å². The zero-order chi connectivity index (χ0) is 19.0. The monoisotopic (exact) mass is 393 g/mol. The molecule has 0 saturated carbocycles. The van der Waals surface area contributed by atoms with Crippen molar-refractivity contribution in [3.63, 3.8) is 0 Å². The van der Waals surface area contributed by atoms with E-state index in [0.717, 1.165) is 16.7 Å². The first-order chi connectivity index (χ1) is 13.0. The first kappa shape index (κ1) is 17.8. The quantitative estimate of drug-likeness (QED) is 0.492. The van der Waals surface area contributed by atoms with Crippen molar-refractivity contribution < 1.29 is 9.21 Å². The summed E-state index contributed by atoms with van der Waals surface area (Å²) >= 11 is 7.56. The van der Waals surface area contributed by atoms with Crippen molar-refractivity contribution >= 4 is 40.4 Å². The van der Waals surface area contributed by atoms with Crippen LogP contribution in [-0.2, 0) is 4.79 Å². The Labute approximate surface area is 166 Å². The Morgan fingerprint density at radius 3 is 2.48 bits per heavy atom. The zero-order valence-corrected chi connectivity index (χ0v) is 16.4. The van der Waals surface area contributed by atoms with Crippen LogP contribution in [0.5, 0.6) is 0 Å². The average Bonchev–Trinajstić information content (AvgIpc) is 3.26. The topological polar surface area (TPSA) is 42.6 Å². The van der Waals surface area contributed by atoms with E-state index in [1.165, 1.54) is 17.3 Å². The van der Waals surface area contributed by atoms with Gasteiger partial charge in [0.15, 0.2) is 0 Å². The molecule has 1 amide bonds. The van der Waals surface area contributed by atoms with Crippen LogP contribution >= 0.6 is 23.4 Å². The van der Waals surface area contributed by atoms with Crippen LogP contribution in [0, 0.1) is 13.8 Å². The van der Waals surface area contributed by atoms with E-state index in [0.29, 0.717) is 26.5 Å². The summed E-state index contributed by atoms with van der Waals surface area (Å²) in [6.07, 6.45) is 1.73. The lowest BCUT2D eigenvalue weighted by Gasteiger charge is -2.01. The normalized spacial score (nSPS) is 15.4. The predicted octanol–water partition coefficient (Wildman–Crippen LogP) is 6.28. The number of hydrogen-bond donors (Lipinski definition) is 0. The maximum absolute atomic E-state index is 12.3. The highest BCUT2D eigenvalue weighted by molar-refractivity contribution is 8.19. The number of rotatable bonds is 3. The van der Waals surface area contributed by atoms with E-state index < -0.39 is 0 Å². The Morgan fingerprint density at radius 2 is 1.74 bits per heavy atom. The minimum absolute atomic E-state index is 0.244. The number of amides is 1. The molecule has 0 unspecified atom stereocenters. The minimum atomic E-state index is -0.244. The van der Waals surface area contributed by atoms with Crippen LogP contribution in [0.2, 0.25) is 5.02 Å². The number of aryl methyl sites for hydroxylation is 2. The molecule has 3 aromatic rings. The van der Waals surface area contributed by atoms with Crippen molar-refractivity contribution in [2.75, 3.05) is 0 Å². The summed E-state index contributed by atoms with van der Waals surface area (Å²) in [5, 5.41) is 1.41. The molecule has 0 radical (unpaired) electrons. The molecule has 0 aliphatic carbocycles. The van der Waals surface area contributed by atoms with Gasteiger partial charge in [-0.25, -0.2) is 4.99 Å². The summed E-state index contributed by atoms with van der Waals surface area (Å²) in [5.74, 6) is 1.07. The SMILES string of the molecule is Cc1ccc(C2=NC(=O)/C(=C/c3ccc(-c4ccc(C)c(Cl)c4)o3)S2)cc1. The highest BCUT2D eigenvalue weighted by atomic mass is 35.5. The van der Waals surface area contributed by atoms with Crippen LogP contribution < -0.4 is 0 Å². The van der Waals surface area contributed by atoms with Gasteiger partial charge in [-0.05, 0) is 37.6 Å². The Hall–Kier alpha value is -2.56. The minimum Gasteiger partial charge on any atom is -0.457 e. The predicted molar refractivity (Wildman–Crippen MR) is 112 cm³/mol. The molecule has 1 aliphatic heterocycles. The number of thioether (sulfide) groups is 1. The molecule has 0 N–H and O–H groups in total. The summed E-state index contributed by atoms with van der Waals surface area (Å²) < 4.78 is 5.88. The third-order valence-corrected chi connectivity index (χ3v) is 5.72. The van der Waals surface area contributed by atoms with Crippen LogP contribution in [0.3, 0.4) is 0 Å². The zero-order valence-electron chi connectivity index (χ0n) is 14.8. The van der Waals surface area contributed by atoms with Gasteiger partial charge >= 0.3 is 0 Å². The van der Waals surface area contributed by atoms with Crippen LogP contribution in [-0.4, -0.2) is 11.0 Å². The fraction of sp³-hybridized carbons (Fsp3) is 0.0909. The second kappa shape index (κ2) is 7.22. The number of benzene rings is 2. The van der Waals surface area contributed by atoms with Gasteiger partial charge in [0.2, 0.25) is 0 Å². The summed E-state index contributed by atoms with van der Waals surface area (Å²) in [5.41, 5.74) is 4.03. The molecule has 1 aromatic heterocycles. The molecule has 1 aliphatic rings. The highest BCUT2D eigenvalue weighted by Crippen LogP contribution is 2.33. The van der Waals surface area contributed by atoms with Crippen molar-refractivity contribution in [1.82, 2.24) is 0 Å². The number of nitrogens with zero attached hydrogens (tertiary/aromatic N) is 1. The first-order valence-corrected chi connectivity index (χ1v) is 9.65. The Kier molecular flexibility index (Phi) is 4.77. The molecule has 0 fully saturated rings. The number of carbonyl (C=O) groups is 1. The highest BCUT2D eigenvalue weighted by Gasteiger charge is 2.23. The molecular formula is C22H16ClNO2S. The molecule has 134 valence electrons. The summed E-state index contributed by atoms with van der Waals surface area (Å²) in [6.45, 7) is 3.98. The van der Waals surface area contributed by atoms with Crippen LogP contribution in [0.1, 0.15) is 22.5 Å².